The highest BCUT2D eigenvalue weighted by Gasteiger charge is 2.17. The number of benzene rings is 1. The van der Waals surface area contributed by atoms with Crippen LogP contribution in [-0.4, -0.2) is 17.0 Å². The Morgan fingerprint density at radius 2 is 1.90 bits per heavy atom. The summed E-state index contributed by atoms with van der Waals surface area (Å²) in [5.41, 5.74) is 1.11. The van der Waals surface area contributed by atoms with Crippen LogP contribution in [0.2, 0.25) is 10.0 Å². The largest absolute Gasteiger partial charge is 0.478 e. The number of aryl methyl sites for hydroxylation is 1. The van der Waals surface area contributed by atoms with Gasteiger partial charge in [0.1, 0.15) is 0 Å². The Labute approximate surface area is 135 Å². The molecule has 0 aliphatic heterocycles. The number of carboxylic acids is 1. The first-order chi connectivity index (χ1) is 9.93. The smallest absolute Gasteiger partial charge is 0.335 e. The van der Waals surface area contributed by atoms with E-state index in [9.17, 15) is 9.59 Å². The van der Waals surface area contributed by atoms with Gasteiger partial charge in [-0.15, -0.1) is 11.3 Å². The fourth-order valence-corrected chi connectivity index (χ4v) is 3.27. The zero-order valence-corrected chi connectivity index (χ0v) is 13.3. The van der Waals surface area contributed by atoms with Gasteiger partial charge in [0, 0.05) is 0 Å². The topological polar surface area (TPSA) is 66.4 Å². The van der Waals surface area contributed by atoms with Crippen molar-refractivity contribution < 1.29 is 14.7 Å². The van der Waals surface area contributed by atoms with Gasteiger partial charge in [-0.2, -0.15) is 0 Å². The number of aromatic carboxylic acids is 1. The second-order valence-electron chi connectivity index (χ2n) is 4.20. The van der Waals surface area contributed by atoms with E-state index in [0.717, 1.165) is 12.0 Å². The van der Waals surface area contributed by atoms with Crippen molar-refractivity contribution in [3.63, 3.8) is 0 Å². The molecule has 0 aliphatic rings. The molecule has 2 aromatic rings. The molecule has 1 aromatic heterocycles. The molecule has 21 heavy (non-hydrogen) atoms. The number of carbonyl (C=O) groups is 2. The monoisotopic (exact) mass is 343 g/mol. The number of hydrogen-bond donors (Lipinski definition) is 2. The van der Waals surface area contributed by atoms with Crippen LogP contribution in [0.1, 0.15) is 32.5 Å². The van der Waals surface area contributed by atoms with Crippen molar-refractivity contribution in [1.29, 1.82) is 0 Å². The van der Waals surface area contributed by atoms with E-state index in [1.165, 1.54) is 23.5 Å². The van der Waals surface area contributed by atoms with Crippen molar-refractivity contribution in [1.82, 2.24) is 0 Å². The van der Waals surface area contributed by atoms with Gasteiger partial charge in [0.2, 0.25) is 0 Å². The van der Waals surface area contributed by atoms with Crippen LogP contribution in [0.5, 0.6) is 0 Å². The molecule has 0 radical (unpaired) electrons. The third-order valence-corrected chi connectivity index (χ3v) is 4.41. The normalized spacial score (nSPS) is 10.4. The van der Waals surface area contributed by atoms with E-state index in [1.807, 2.05) is 18.4 Å². The molecule has 4 nitrogen and oxygen atoms in total. The number of anilines is 1. The highest BCUT2D eigenvalue weighted by molar-refractivity contribution is 7.12. The standard InChI is InChI=1S/C14H11Cl2NO3S/c1-2-7-3-4-21-12(7)13(18)17-11-9(15)5-8(14(19)20)6-10(11)16/h3-6H,2H2,1H3,(H,17,18)(H,19,20). The van der Waals surface area contributed by atoms with Crippen molar-refractivity contribution in [2.24, 2.45) is 0 Å². The minimum atomic E-state index is -1.14. The average molecular weight is 344 g/mol. The summed E-state index contributed by atoms with van der Waals surface area (Å²) in [6, 6.07) is 4.39. The van der Waals surface area contributed by atoms with E-state index in [1.54, 1.807) is 0 Å². The number of carbonyl (C=O) groups excluding carboxylic acids is 1. The molecule has 0 bridgehead atoms. The number of amides is 1. The summed E-state index contributed by atoms with van der Waals surface area (Å²) >= 11 is 13.3. The van der Waals surface area contributed by atoms with E-state index in [-0.39, 0.29) is 27.2 Å². The lowest BCUT2D eigenvalue weighted by atomic mass is 10.2. The van der Waals surface area contributed by atoms with Crippen LogP contribution in [0.25, 0.3) is 0 Å². The summed E-state index contributed by atoms with van der Waals surface area (Å²) in [7, 11) is 0. The molecular weight excluding hydrogens is 333 g/mol. The van der Waals surface area contributed by atoms with E-state index in [2.05, 4.69) is 5.32 Å². The maximum Gasteiger partial charge on any atom is 0.335 e. The minimum absolute atomic E-state index is 0.0339. The Hall–Kier alpha value is -1.56. The van der Waals surface area contributed by atoms with Crippen LogP contribution < -0.4 is 5.32 Å². The maximum absolute atomic E-state index is 12.2. The Bertz CT molecular complexity index is 689. The molecule has 1 amide bonds. The van der Waals surface area contributed by atoms with Crippen LogP contribution in [-0.2, 0) is 6.42 Å². The van der Waals surface area contributed by atoms with Crippen LogP contribution in [0.4, 0.5) is 5.69 Å². The lowest BCUT2D eigenvalue weighted by molar-refractivity contribution is 0.0696. The molecule has 1 heterocycles. The molecule has 0 saturated carbocycles. The van der Waals surface area contributed by atoms with E-state index in [4.69, 9.17) is 28.3 Å². The molecule has 0 atom stereocenters. The highest BCUT2D eigenvalue weighted by atomic mass is 35.5. The summed E-state index contributed by atoms with van der Waals surface area (Å²) in [4.78, 5) is 23.7. The lowest BCUT2D eigenvalue weighted by Crippen LogP contribution is -2.13. The average Bonchev–Trinajstić information content (AvgIpc) is 2.90. The predicted molar refractivity (Wildman–Crippen MR) is 85.1 cm³/mol. The maximum atomic E-state index is 12.2. The Morgan fingerprint density at radius 1 is 1.29 bits per heavy atom. The summed E-state index contributed by atoms with van der Waals surface area (Å²) < 4.78 is 0. The van der Waals surface area contributed by atoms with Gasteiger partial charge in [-0.1, -0.05) is 30.1 Å². The number of hydrogen-bond acceptors (Lipinski definition) is 3. The molecular formula is C14H11Cl2NO3S. The number of thiophene rings is 1. The number of rotatable bonds is 4. The first-order valence-electron chi connectivity index (χ1n) is 6.04. The van der Waals surface area contributed by atoms with Gasteiger partial charge in [0.25, 0.3) is 5.91 Å². The van der Waals surface area contributed by atoms with E-state index < -0.39 is 5.97 Å². The van der Waals surface area contributed by atoms with Gasteiger partial charge < -0.3 is 10.4 Å². The fraction of sp³-hybridized carbons (Fsp3) is 0.143. The van der Waals surface area contributed by atoms with E-state index >= 15 is 0 Å². The SMILES string of the molecule is CCc1ccsc1C(=O)Nc1c(Cl)cc(C(=O)O)cc1Cl. The van der Waals surface area contributed by atoms with Crippen LogP contribution in [0, 0.1) is 0 Å². The van der Waals surface area contributed by atoms with Gasteiger partial charge in [-0.05, 0) is 35.6 Å². The minimum Gasteiger partial charge on any atom is -0.478 e. The third-order valence-electron chi connectivity index (χ3n) is 2.86. The molecule has 2 rings (SSSR count). The first-order valence-corrected chi connectivity index (χ1v) is 7.67. The van der Waals surface area contributed by atoms with Gasteiger partial charge in [-0.3, -0.25) is 4.79 Å². The summed E-state index contributed by atoms with van der Waals surface area (Å²) in [5.74, 6) is -1.45. The van der Waals surface area contributed by atoms with Gasteiger partial charge in [0.05, 0.1) is 26.2 Å². The molecule has 0 aliphatic carbocycles. The summed E-state index contributed by atoms with van der Waals surface area (Å²) in [6.07, 6.45) is 0.742. The highest BCUT2D eigenvalue weighted by Crippen LogP contribution is 2.33. The second-order valence-corrected chi connectivity index (χ2v) is 5.93. The first kappa shape index (κ1) is 15.8. The Balaban J connectivity index is 2.32. The van der Waals surface area contributed by atoms with Crippen molar-refractivity contribution in [3.8, 4) is 0 Å². The Morgan fingerprint density at radius 3 is 2.43 bits per heavy atom. The lowest BCUT2D eigenvalue weighted by Gasteiger charge is -2.10. The summed E-state index contributed by atoms with van der Waals surface area (Å²) in [6.45, 7) is 1.96. The number of nitrogens with one attached hydrogen (secondary N) is 1. The predicted octanol–water partition coefficient (Wildman–Crippen LogP) is 4.57. The van der Waals surface area contributed by atoms with Crippen LogP contribution in [0.15, 0.2) is 23.6 Å². The molecule has 110 valence electrons. The molecule has 2 N–H and O–H groups in total. The van der Waals surface area contributed by atoms with Crippen molar-refractivity contribution in [2.75, 3.05) is 5.32 Å². The molecule has 0 unspecified atom stereocenters. The van der Waals surface area contributed by atoms with Gasteiger partial charge in [0.15, 0.2) is 0 Å². The van der Waals surface area contributed by atoms with Crippen molar-refractivity contribution in [2.45, 2.75) is 13.3 Å². The number of carboxylic acid groups (broad SMARTS) is 1. The van der Waals surface area contributed by atoms with Crippen LogP contribution >= 0.6 is 34.5 Å². The van der Waals surface area contributed by atoms with Crippen LogP contribution in [0.3, 0.4) is 0 Å². The third kappa shape index (κ3) is 3.37. The molecule has 1 aromatic carbocycles. The molecule has 0 saturated heterocycles. The molecule has 7 heteroatoms. The second kappa shape index (κ2) is 6.47. The van der Waals surface area contributed by atoms with Gasteiger partial charge >= 0.3 is 5.97 Å². The zero-order valence-electron chi connectivity index (χ0n) is 10.9. The molecule has 0 fully saturated rings. The van der Waals surface area contributed by atoms with E-state index in [0.29, 0.717) is 4.88 Å². The molecule has 0 spiro atoms. The summed E-state index contributed by atoms with van der Waals surface area (Å²) in [5, 5.41) is 13.6. The zero-order chi connectivity index (χ0) is 15.6. The number of halogens is 2. The van der Waals surface area contributed by atoms with Gasteiger partial charge in [-0.25, -0.2) is 4.79 Å². The quantitative estimate of drug-likeness (QED) is 0.854. The van der Waals surface area contributed by atoms with Crippen molar-refractivity contribution in [3.05, 3.63) is 49.6 Å². The Kier molecular flexibility index (Phi) is 4.88. The van der Waals surface area contributed by atoms with Crippen molar-refractivity contribution >= 4 is 52.1 Å². The fourth-order valence-electron chi connectivity index (χ4n) is 1.80.